The molecule has 0 aliphatic heterocycles. The van der Waals surface area contributed by atoms with Crippen molar-refractivity contribution in [3.63, 3.8) is 0 Å². The summed E-state index contributed by atoms with van der Waals surface area (Å²) in [5, 5.41) is 9.64. The molecular weight excluding hydrogens is 370 g/mol. The number of carbonyl (C=O) groups excluding carboxylic acids is 1. The van der Waals surface area contributed by atoms with Gasteiger partial charge in [0.1, 0.15) is 5.15 Å². The summed E-state index contributed by atoms with van der Waals surface area (Å²) in [6.45, 7) is 1.84. The summed E-state index contributed by atoms with van der Waals surface area (Å²) in [4.78, 5) is 16.0. The Morgan fingerprint density at radius 2 is 2.04 bits per heavy atom. The van der Waals surface area contributed by atoms with Crippen molar-refractivity contribution in [2.45, 2.75) is 11.9 Å². The fourth-order valence-corrected chi connectivity index (χ4v) is 3.15. The molecule has 0 aliphatic carbocycles. The van der Waals surface area contributed by atoms with Gasteiger partial charge in [0.05, 0.1) is 33.9 Å². The fraction of sp³-hybridized carbons (Fsp3) is 0.111. The highest BCUT2D eigenvalue weighted by Crippen LogP contribution is 2.21. The molecule has 0 bridgehead atoms. The van der Waals surface area contributed by atoms with E-state index in [1.54, 1.807) is 10.9 Å². The lowest BCUT2D eigenvalue weighted by atomic mass is 10.3. The minimum Gasteiger partial charge on any atom is -0.272 e. The Hall–Kier alpha value is -2.64. The Morgan fingerprint density at radius 1 is 1.27 bits per heavy atom. The van der Waals surface area contributed by atoms with Gasteiger partial charge >= 0.3 is 0 Å². The van der Waals surface area contributed by atoms with E-state index in [-0.39, 0.29) is 11.7 Å². The summed E-state index contributed by atoms with van der Waals surface area (Å²) in [5.41, 5.74) is 4.73. The molecule has 0 fully saturated rings. The van der Waals surface area contributed by atoms with Gasteiger partial charge in [-0.2, -0.15) is 10.2 Å². The molecule has 2 aromatic heterocycles. The molecule has 0 saturated heterocycles. The molecule has 0 spiro atoms. The number of nitrogens with zero attached hydrogens (tertiary/aromatic N) is 4. The maximum absolute atomic E-state index is 11.9. The maximum Gasteiger partial charge on any atom is 0.250 e. The summed E-state index contributed by atoms with van der Waals surface area (Å²) >= 11 is 7.75. The number of aromatic nitrogens is 3. The molecule has 26 heavy (non-hydrogen) atoms. The van der Waals surface area contributed by atoms with E-state index in [2.05, 4.69) is 20.6 Å². The van der Waals surface area contributed by atoms with Gasteiger partial charge in [-0.15, -0.1) is 0 Å². The van der Waals surface area contributed by atoms with Crippen LogP contribution in [0.5, 0.6) is 0 Å². The zero-order chi connectivity index (χ0) is 18.4. The second-order valence-electron chi connectivity index (χ2n) is 5.29. The SMILES string of the molecule is Cc1nn(-c2ccccc2)c(Cl)c1/C=N/NC(=O)CSc1ccccn1. The first-order valence-electron chi connectivity index (χ1n) is 7.81. The molecule has 0 aliphatic rings. The Bertz CT molecular complexity index is 912. The number of aryl methyl sites for hydroxylation is 1. The first kappa shape index (κ1) is 18.2. The predicted octanol–water partition coefficient (Wildman–Crippen LogP) is 3.47. The summed E-state index contributed by atoms with van der Waals surface area (Å²) in [7, 11) is 0. The number of hydrogen-bond acceptors (Lipinski definition) is 5. The van der Waals surface area contributed by atoms with Gasteiger partial charge in [0, 0.05) is 6.20 Å². The normalized spacial score (nSPS) is 11.0. The molecule has 8 heteroatoms. The first-order chi connectivity index (χ1) is 12.6. The van der Waals surface area contributed by atoms with Crippen LogP contribution < -0.4 is 5.43 Å². The second kappa shape index (κ2) is 8.64. The van der Waals surface area contributed by atoms with Crippen molar-refractivity contribution in [2.24, 2.45) is 5.10 Å². The summed E-state index contributed by atoms with van der Waals surface area (Å²) in [6, 6.07) is 15.1. The zero-order valence-corrected chi connectivity index (χ0v) is 15.5. The first-order valence-corrected chi connectivity index (χ1v) is 9.18. The summed E-state index contributed by atoms with van der Waals surface area (Å²) in [5.74, 6) is 0.00536. The quantitative estimate of drug-likeness (QED) is 0.400. The molecule has 6 nitrogen and oxygen atoms in total. The van der Waals surface area contributed by atoms with E-state index in [9.17, 15) is 4.79 Å². The Labute approximate surface area is 160 Å². The number of hydrazone groups is 1. The molecule has 1 amide bonds. The van der Waals surface area contributed by atoms with Gasteiger partial charge < -0.3 is 0 Å². The van der Waals surface area contributed by atoms with Crippen LogP contribution in [-0.2, 0) is 4.79 Å². The zero-order valence-electron chi connectivity index (χ0n) is 14.0. The van der Waals surface area contributed by atoms with Gasteiger partial charge in [0.15, 0.2) is 0 Å². The average Bonchev–Trinajstić information content (AvgIpc) is 2.96. The molecule has 0 saturated carbocycles. The highest BCUT2D eigenvalue weighted by atomic mass is 35.5. The van der Waals surface area contributed by atoms with E-state index < -0.39 is 0 Å². The van der Waals surface area contributed by atoms with Crippen molar-refractivity contribution < 1.29 is 4.79 Å². The number of hydrogen-bond donors (Lipinski definition) is 1. The number of nitrogens with one attached hydrogen (secondary N) is 1. The Morgan fingerprint density at radius 3 is 2.77 bits per heavy atom. The van der Waals surface area contributed by atoms with Crippen LogP contribution in [0.3, 0.4) is 0 Å². The van der Waals surface area contributed by atoms with E-state index in [0.717, 1.165) is 16.4 Å². The van der Waals surface area contributed by atoms with Crippen molar-refractivity contribution in [3.05, 3.63) is 71.1 Å². The van der Waals surface area contributed by atoms with Crippen LogP contribution in [0.4, 0.5) is 0 Å². The van der Waals surface area contributed by atoms with Crippen LogP contribution in [0, 0.1) is 6.92 Å². The molecule has 3 rings (SSSR count). The third-order valence-electron chi connectivity index (χ3n) is 3.42. The molecule has 2 heterocycles. The van der Waals surface area contributed by atoms with Gasteiger partial charge in [-0.05, 0) is 31.2 Å². The number of halogens is 1. The van der Waals surface area contributed by atoms with Crippen LogP contribution in [0.1, 0.15) is 11.3 Å². The molecular formula is C18H16ClN5OS. The van der Waals surface area contributed by atoms with Gasteiger partial charge in [0.2, 0.25) is 5.91 Å². The smallest absolute Gasteiger partial charge is 0.250 e. The van der Waals surface area contributed by atoms with Gasteiger partial charge in [-0.3, -0.25) is 4.79 Å². The third-order valence-corrected chi connectivity index (χ3v) is 4.73. The third kappa shape index (κ3) is 4.50. The number of thioether (sulfide) groups is 1. The molecule has 0 radical (unpaired) electrons. The van der Waals surface area contributed by atoms with Crippen LogP contribution >= 0.6 is 23.4 Å². The minimum absolute atomic E-state index is 0.221. The van der Waals surface area contributed by atoms with Gasteiger partial charge in [-0.1, -0.05) is 47.6 Å². The highest BCUT2D eigenvalue weighted by Gasteiger charge is 2.13. The van der Waals surface area contributed by atoms with Crippen LogP contribution in [-0.4, -0.2) is 32.6 Å². The van der Waals surface area contributed by atoms with E-state index in [0.29, 0.717) is 10.7 Å². The molecule has 1 N–H and O–H groups in total. The minimum atomic E-state index is -0.221. The molecule has 132 valence electrons. The molecule has 3 aromatic rings. The Balaban J connectivity index is 1.62. The lowest BCUT2D eigenvalue weighted by Gasteiger charge is -2.02. The monoisotopic (exact) mass is 385 g/mol. The lowest BCUT2D eigenvalue weighted by molar-refractivity contribution is -0.118. The molecule has 0 atom stereocenters. The second-order valence-corrected chi connectivity index (χ2v) is 6.64. The maximum atomic E-state index is 11.9. The van der Waals surface area contributed by atoms with Crippen LogP contribution in [0.25, 0.3) is 5.69 Å². The van der Waals surface area contributed by atoms with Crippen molar-refractivity contribution in [2.75, 3.05) is 5.75 Å². The molecule has 1 aromatic carbocycles. The number of pyridine rings is 1. The number of amides is 1. The number of rotatable bonds is 6. The fourth-order valence-electron chi connectivity index (χ4n) is 2.17. The highest BCUT2D eigenvalue weighted by molar-refractivity contribution is 7.99. The van der Waals surface area contributed by atoms with E-state index in [1.807, 2.05) is 55.5 Å². The van der Waals surface area contributed by atoms with E-state index in [4.69, 9.17) is 11.6 Å². The van der Waals surface area contributed by atoms with Crippen molar-refractivity contribution >= 4 is 35.5 Å². The predicted molar refractivity (Wildman–Crippen MR) is 104 cm³/mol. The van der Waals surface area contributed by atoms with Gasteiger partial charge in [-0.25, -0.2) is 15.1 Å². The average molecular weight is 386 g/mol. The van der Waals surface area contributed by atoms with Crippen LogP contribution in [0.2, 0.25) is 5.15 Å². The molecule has 0 unspecified atom stereocenters. The van der Waals surface area contributed by atoms with Crippen LogP contribution in [0.15, 0.2) is 64.9 Å². The summed E-state index contributed by atoms with van der Waals surface area (Å²) < 4.78 is 1.64. The summed E-state index contributed by atoms with van der Waals surface area (Å²) in [6.07, 6.45) is 3.20. The topological polar surface area (TPSA) is 72.2 Å². The standard InChI is InChI=1S/C18H16ClN5OS/c1-13-15(18(19)24(23-13)14-7-3-2-4-8-14)11-21-22-16(25)12-26-17-9-5-6-10-20-17/h2-11H,12H2,1H3,(H,22,25)/b21-11+. The number of carbonyl (C=O) groups is 1. The largest absolute Gasteiger partial charge is 0.272 e. The van der Waals surface area contributed by atoms with Crippen molar-refractivity contribution in [1.82, 2.24) is 20.2 Å². The number of benzene rings is 1. The van der Waals surface area contributed by atoms with Gasteiger partial charge in [0.25, 0.3) is 0 Å². The van der Waals surface area contributed by atoms with E-state index in [1.165, 1.54) is 18.0 Å². The number of para-hydroxylation sites is 1. The van der Waals surface area contributed by atoms with Crippen molar-refractivity contribution in [1.29, 1.82) is 0 Å². The lowest BCUT2D eigenvalue weighted by Crippen LogP contribution is -2.19. The Kier molecular flexibility index (Phi) is 6.04. The van der Waals surface area contributed by atoms with E-state index >= 15 is 0 Å². The van der Waals surface area contributed by atoms with Crippen molar-refractivity contribution in [3.8, 4) is 5.69 Å².